The van der Waals surface area contributed by atoms with Gasteiger partial charge in [0.05, 0.1) is 0 Å². The second kappa shape index (κ2) is 2.61. The summed E-state index contributed by atoms with van der Waals surface area (Å²) in [6, 6.07) is 8.54. The highest BCUT2D eigenvalue weighted by Crippen LogP contribution is 2.45. The molecule has 0 fully saturated rings. The van der Waals surface area contributed by atoms with Crippen LogP contribution in [0.15, 0.2) is 47.8 Å². The van der Waals surface area contributed by atoms with Gasteiger partial charge in [0.2, 0.25) is 0 Å². The minimum absolute atomic E-state index is 0.0323. The van der Waals surface area contributed by atoms with Crippen LogP contribution in [0.1, 0.15) is 5.56 Å². The van der Waals surface area contributed by atoms with Gasteiger partial charge < -0.3 is 16.0 Å². The summed E-state index contributed by atoms with van der Waals surface area (Å²) < 4.78 is 0. The Bertz CT molecular complexity index is 530. The number of rotatable bonds is 0. The minimum atomic E-state index is -0.0323. The molecule has 0 saturated heterocycles. The molecule has 0 bridgehead atoms. The van der Waals surface area contributed by atoms with Gasteiger partial charge in [-0.05, 0) is 11.6 Å². The van der Waals surface area contributed by atoms with Crippen molar-refractivity contribution in [1.29, 1.82) is 0 Å². The maximum Gasteiger partial charge on any atom is 0.109 e. The number of benzene rings is 1. The standard InChI is InChI=1S/C13H13N3/c1-2-4-12-10(3-1)13(8-15-12)11-7-14-5-9(11)6-16-13/h1-4,6-7,14-16H,5,8H2. The van der Waals surface area contributed by atoms with Crippen molar-refractivity contribution in [1.82, 2.24) is 10.6 Å². The van der Waals surface area contributed by atoms with Crippen LogP contribution in [-0.2, 0) is 5.54 Å². The molecule has 1 aromatic rings. The van der Waals surface area contributed by atoms with Crippen molar-refractivity contribution in [3.8, 4) is 0 Å². The summed E-state index contributed by atoms with van der Waals surface area (Å²) in [6.07, 6.45) is 4.30. The molecule has 0 amide bonds. The van der Waals surface area contributed by atoms with Gasteiger partial charge in [0.15, 0.2) is 0 Å². The van der Waals surface area contributed by atoms with Crippen molar-refractivity contribution in [2.75, 3.05) is 18.4 Å². The molecule has 0 aromatic heterocycles. The fourth-order valence-corrected chi connectivity index (χ4v) is 2.97. The predicted octanol–water partition coefficient (Wildman–Crippen LogP) is 1.28. The highest BCUT2D eigenvalue weighted by atomic mass is 15.1. The molecule has 1 aromatic carbocycles. The lowest BCUT2D eigenvalue weighted by molar-refractivity contribution is 0.525. The molecule has 80 valence electrons. The van der Waals surface area contributed by atoms with E-state index >= 15 is 0 Å². The summed E-state index contributed by atoms with van der Waals surface area (Å²) >= 11 is 0. The van der Waals surface area contributed by atoms with Crippen molar-refractivity contribution in [3.05, 3.63) is 53.4 Å². The second-order valence-electron chi connectivity index (χ2n) is 4.56. The number of nitrogens with one attached hydrogen (secondary N) is 3. The van der Waals surface area contributed by atoms with Gasteiger partial charge in [-0.3, -0.25) is 0 Å². The lowest BCUT2D eigenvalue weighted by Crippen LogP contribution is -2.39. The van der Waals surface area contributed by atoms with E-state index in [0.717, 1.165) is 13.1 Å². The van der Waals surface area contributed by atoms with Crippen molar-refractivity contribution in [2.24, 2.45) is 0 Å². The Hall–Kier alpha value is -1.90. The van der Waals surface area contributed by atoms with Crippen LogP contribution in [0, 0.1) is 0 Å². The smallest absolute Gasteiger partial charge is 0.109 e. The number of para-hydroxylation sites is 1. The molecule has 3 N–H and O–H groups in total. The van der Waals surface area contributed by atoms with E-state index in [2.05, 4.69) is 52.6 Å². The molecule has 1 spiro atoms. The van der Waals surface area contributed by atoms with Crippen LogP contribution >= 0.6 is 0 Å². The molecule has 4 rings (SSSR count). The fourth-order valence-electron chi connectivity index (χ4n) is 2.97. The molecule has 0 radical (unpaired) electrons. The highest BCUT2D eigenvalue weighted by molar-refractivity contribution is 5.68. The van der Waals surface area contributed by atoms with Crippen LogP contribution in [-0.4, -0.2) is 13.1 Å². The van der Waals surface area contributed by atoms with E-state index < -0.39 is 0 Å². The van der Waals surface area contributed by atoms with Gasteiger partial charge in [0.25, 0.3) is 0 Å². The Balaban J connectivity index is 1.92. The topological polar surface area (TPSA) is 36.1 Å². The molecule has 3 aliphatic heterocycles. The third-order valence-electron chi connectivity index (χ3n) is 3.77. The van der Waals surface area contributed by atoms with Crippen LogP contribution in [0.25, 0.3) is 0 Å². The first-order valence-corrected chi connectivity index (χ1v) is 5.65. The van der Waals surface area contributed by atoms with Gasteiger partial charge in [-0.1, -0.05) is 18.2 Å². The SMILES string of the molecule is C1=C2CNC=C2C2(CNc3ccccc32)N1. The first-order valence-electron chi connectivity index (χ1n) is 5.65. The number of hydrogen-bond donors (Lipinski definition) is 3. The van der Waals surface area contributed by atoms with Crippen molar-refractivity contribution in [3.63, 3.8) is 0 Å². The van der Waals surface area contributed by atoms with Crippen molar-refractivity contribution < 1.29 is 0 Å². The van der Waals surface area contributed by atoms with Crippen LogP contribution in [0.5, 0.6) is 0 Å². The Labute approximate surface area is 94.2 Å². The first-order chi connectivity index (χ1) is 7.90. The summed E-state index contributed by atoms with van der Waals surface area (Å²) in [4.78, 5) is 0. The normalized spacial score (nSPS) is 28.8. The third-order valence-corrected chi connectivity index (χ3v) is 3.77. The van der Waals surface area contributed by atoms with E-state index in [9.17, 15) is 0 Å². The van der Waals surface area contributed by atoms with E-state index in [4.69, 9.17) is 0 Å². The monoisotopic (exact) mass is 211 g/mol. The quantitative estimate of drug-likeness (QED) is 0.605. The summed E-state index contributed by atoms with van der Waals surface area (Å²) in [7, 11) is 0. The van der Waals surface area contributed by atoms with E-state index in [0.29, 0.717) is 0 Å². The second-order valence-corrected chi connectivity index (χ2v) is 4.56. The van der Waals surface area contributed by atoms with Crippen LogP contribution in [0.3, 0.4) is 0 Å². The molecule has 3 heterocycles. The average Bonchev–Trinajstić information content (AvgIpc) is 2.99. The fraction of sp³-hybridized carbons (Fsp3) is 0.231. The zero-order chi connectivity index (χ0) is 10.6. The molecule has 1 unspecified atom stereocenters. The highest BCUT2D eigenvalue weighted by Gasteiger charge is 2.46. The predicted molar refractivity (Wildman–Crippen MR) is 63.9 cm³/mol. The summed E-state index contributed by atoms with van der Waals surface area (Å²) in [6.45, 7) is 1.88. The number of hydrogen-bond acceptors (Lipinski definition) is 3. The van der Waals surface area contributed by atoms with Crippen LogP contribution in [0.2, 0.25) is 0 Å². The van der Waals surface area contributed by atoms with E-state index in [-0.39, 0.29) is 5.54 Å². The number of fused-ring (bicyclic) bond motifs is 4. The van der Waals surface area contributed by atoms with Gasteiger partial charge in [0, 0.05) is 42.3 Å². The van der Waals surface area contributed by atoms with Gasteiger partial charge >= 0.3 is 0 Å². The lowest BCUT2D eigenvalue weighted by Gasteiger charge is -2.26. The van der Waals surface area contributed by atoms with Gasteiger partial charge in [-0.15, -0.1) is 0 Å². The zero-order valence-corrected chi connectivity index (χ0v) is 8.88. The molecule has 16 heavy (non-hydrogen) atoms. The first kappa shape index (κ1) is 8.28. The third kappa shape index (κ3) is 0.803. The minimum Gasteiger partial charge on any atom is -0.386 e. The zero-order valence-electron chi connectivity index (χ0n) is 8.88. The molecule has 3 nitrogen and oxygen atoms in total. The average molecular weight is 211 g/mol. The molecule has 1 atom stereocenters. The van der Waals surface area contributed by atoms with E-state index in [1.165, 1.54) is 22.4 Å². The largest absolute Gasteiger partial charge is 0.386 e. The molecule has 3 heteroatoms. The Morgan fingerprint density at radius 3 is 3.06 bits per heavy atom. The maximum absolute atomic E-state index is 3.56. The van der Waals surface area contributed by atoms with E-state index in [1.807, 2.05) is 0 Å². The van der Waals surface area contributed by atoms with Crippen LogP contribution < -0.4 is 16.0 Å². The van der Waals surface area contributed by atoms with Gasteiger partial charge in [0.1, 0.15) is 5.54 Å². The maximum atomic E-state index is 3.56. The summed E-state index contributed by atoms with van der Waals surface area (Å²) in [5.74, 6) is 0. The molecule has 0 aliphatic carbocycles. The Kier molecular flexibility index (Phi) is 1.35. The number of anilines is 1. The molecular formula is C13H13N3. The van der Waals surface area contributed by atoms with Gasteiger partial charge in [-0.25, -0.2) is 0 Å². The lowest BCUT2D eigenvalue weighted by atomic mass is 9.85. The summed E-state index contributed by atoms with van der Waals surface area (Å²) in [5.41, 5.74) is 5.35. The van der Waals surface area contributed by atoms with E-state index in [1.54, 1.807) is 0 Å². The van der Waals surface area contributed by atoms with Crippen LogP contribution in [0.4, 0.5) is 5.69 Å². The van der Waals surface area contributed by atoms with Crippen molar-refractivity contribution >= 4 is 5.69 Å². The Morgan fingerprint density at radius 2 is 2.06 bits per heavy atom. The van der Waals surface area contributed by atoms with Crippen molar-refractivity contribution in [2.45, 2.75) is 5.54 Å². The Morgan fingerprint density at radius 1 is 1.12 bits per heavy atom. The molecule has 3 aliphatic rings. The summed E-state index contributed by atoms with van der Waals surface area (Å²) in [5, 5.41) is 10.3. The van der Waals surface area contributed by atoms with Gasteiger partial charge in [-0.2, -0.15) is 0 Å². The molecular weight excluding hydrogens is 198 g/mol. The molecule has 0 saturated carbocycles.